The Morgan fingerprint density at radius 1 is 1.12 bits per heavy atom. The summed E-state index contributed by atoms with van der Waals surface area (Å²) in [5.74, 6) is 2.36. The lowest BCUT2D eigenvalue weighted by molar-refractivity contribution is 0.191. The zero-order chi connectivity index (χ0) is 12.1. The van der Waals surface area contributed by atoms with Crippen LogP contribution in [0, 0.1) is 11.8 Å². The maximum absolute atomic E-state index is 12.0. The van der Waals surface area contributed by atoms with Crippen molar-refractivity contribution in [1.29, 1.82) is 0 Å². The van der Waals surface area contributed by atoms with Crippen molar-refractivity contribution >= 4 is 0 Å². The average Bonchev–Trinajstić information content (AvgIpc) is 2.35. The Hall–Kier alpha value is -1.05. The Labute approximate surface area is 103 Å². The quantitative estimate of drug-likeness (QED) is 0.754. The van der Waals surface area contributed by atoms with E-state index in [4.69, 9.17) is 4.74 Å². The van der Waals surface area contributed by atoms with Crippen molar-refractivity contribution in [1.82, 2.24) is 0 Å². The SMILES string of the molecule is CC1CCC(Cc2ccc(OCF)cc2)CC1. The molecular formula is C15H21FO. The minimum Gasteiger partial charge on any atom is -0.463 e. The van der Waals surface area contributed by atoms with E-state index in [-0.39, 0.29) is 0 Å². The smallest absolute Gasteiger partial charge is 0.228 e. The van der Waals surface area contributed by atoms with Crippen molar-refractivity contribution in [2.45, 2.75) is 39.0 Å². The number of ether oxygens (including phenoxy) is 1. The summed E-state index contributed by atoms with van der Waals surface area (Å²) < 4.78 is 16.8. The summed E-state index contributed by atoms with van der Waals surface area (Å²) in [6.45, 7) is 1.60. The van der Waals surface area contributed by atoms with Crippen LogP contribution in [0.15, 0.2) is 24.3 Å². The number of benzene rings is 1. The summed E-state index contributed by atoms with van der Waals surface area (Å²) >= 11 is 0. The van der Waals surface area contributed by atoms with Crippen LogP contribution in [0.3, 0.4) is 0 Å². The largest absolute Gasteiger partial charge is 0.463 e. The van der Waals surface area contributed by atoms with E-state index in [9.17, 15) is 4.39 Å². The van der Waals surface area contributed by atoms with Crippen LogP contribution < -0.4 is 4.74 Å². The van der Waals surface area contributed by atoms with Crippen LogP contribution in [0.5, 0.6) is 5.75 Å². The minimum atomic E-state index is -0.750. The van der Waals surface area contributed by atoms with E-state index < -0.39 is 6.86 Å². The summed E-state index contributed by atoms with van der Waals surface area (Å²) in [5.41, 5.74) is 1.34. The third-order valence-electron chi connectivity index (χ3n) is 3.80. The van der Waals surface area contributed by atoms with Gasteiger partial charge in [0.25, 0.3) is 0 Å². The van der Waals surface area contributed by atoms with Crippen molar-refractivity contribution in [3.05, 3.63) is 29.8 Å². The minimum absolute atomic E-state index is 0.619. The fourth-order valence-corrected chi connectivity index (χ4v) is 2.65. The Morgan fingerprint density at radius 2 is 1.76 bits per heavy atom. The predicted octanol–water partition coefficient (Wildman–Crippen LogP) is 4.36. The lowest BCUT2D eigenvalue weighted by Crippen LogP contribution is -2.14. The van der Waals surface area contributed by atoms with E-state index >= 15 is 0 Å². The number of rotatable bonds is 4. The van der Waals surface area contributed by atoms with E-state index in [1.54, 1.807) is 0 Å². The first-order valence-corrected chi connectivity index (χ1v) is 6.55. The Bertz CT molecular complexity index is 325. The predicted molar refractivity (Wildman–Crippen MR) is 67.9 cm³/mol. The number of hydrogen-bond donors (Lipinski definition) is 0. The Morgan fingerprint density at radius 3 is 2.35 bits per heavy atom. The van der Waals surface area contributed by atoms with Crippen molar-refractivity contribution in [2.24, 2.45) is 11.8 Å². The first-order chi connectivity index (χ1) is 8.28. The van der Waals surface area contributed by atoms with E-state index in [0.29, 0.717) is 5.75 Å². The topological polar surface area (TPSA) is 9.23 Å². The maximum atomic E-state index is 12.0. The molecule has 0 unspecified atom stereocenters. The van der Waals surface area contributed by atoms with Gasteiger partial charge in [0.1, 0.15) is 5.75 Å². The molecule has 1 nitrogen and oxygen atoms in total. The molecule has 0 radical (unpaired) electrons. The molecule has 17 heavy (non-hydrogen) atoms. The number of alkyl halides is 1. The van der Waals surface area contributed by atoms with Crippen LogP contribution in [0.4, 0.5) is 4.39 Å². The van der Waals surface area contributed by atoms with Gasteiger partial charge in [0.15, 0.2) is 0 Å². The highest BCUT2D eigenvalue weighted by Crippen LogP contribution is 2.30. The molecule has 1 saturated carbocycles. The molecule has 1 aromatic rings. The highest BCUT2D eigenvalue weighted by molar-refractivity contribution is 5.27. The fourth-order valence-electron chi connectivity index (χ4n) is 2.65. The van der Waals surface area contributed by atoms with E-state index in [1.807, 2.05) is 12.1 Å². The van der Waals surface area contributed by atoms with E-state index in [2.05, 4.69) is 19.1 Å². The third-order valence-corrected chi connectivity index (χ3v) is 3.80. The van der Waals surface area contributed by atoms with Crippen molar-refractivity contribution in [2.75, 3.05) is 6.86 Å². The fraction of sp³-hybridized carbons (Fsp3) is 0.600. The monoisotopic (exact) mass is 236 g/mol. The zero-order valence-corrected chi connectivity index (χ0v) is 10.5. The first kappa shape index (κ1) is 12.4. The van der Waals surface area contributed by atoms with Gasteiger partial charge in [-0.1, -0.05) is 31.9 Å². The highest BCUT2D eigenvalue weighted by Gasteiger charge is 2.18. The maximum Gasteiger partial charge on any atom is 0.228 e. The molecule has 0 amide bonds. The molecule has 1 aromatic carbocycles. The normalized spacial score (nSPS) is 24.6. The molecule has 1 aliphatic carbocycles. The summed E-state index contributed by atoms with van der Waals surface area (Å²) in [6.07, 6.45) is 6.60. The molecular weight excluding hydrogens is 215 g/mol. The van der Waals surface area contributed by atoms with E-state index in [0.717, 1.165) is 18.3 Å². The lowest BCUT2D eigenvalue weighted by atomic mass is 9.80. The zero-order valence-electron chi connectivity index (χ0n) is 10.5. The molecule has 2 heteroatoms. The van der Waals surface area contributed by atoms with Gasteiger partial charge < -0.3 is 4.74 Å². The van der Waals surface area contributed by atoms with Crippen LogP contribution in [0.25, 0.3) is 0 Å². The highest BCUT2D eigenvalue weighted by atomic mass is 19.1. The van der Waals surface area contributed by atoms with Gasteiger partial charge in [-0.25, -0.2) is 4.39 Å². The van der Waals surface area contributed by atoms with Gasteiger partial charge in [0.05, 0.1) is 0 Å². The summed E-state index contributed by atoms with van der Waals surface area (Å²) in [7, 11) is 0. The summed E-state index contributed by atoms with van der Waals surface area (Å²) in [4.78, 5) is 0. The average molecular weight is 236 g/mol. The first-order valence-electron chi connectivity index (χ1n) is 6.55. The Kier molecular flexibility index (Phi) is 4.41. The Balaban J connectivity index is 1.86. The van der Waals surface area contributed by atoms with Crippen LogP contribution in [0.2, 0.25) is 0 Å². The second-order valence-corrected chi connectivity index (χ2v) is 5.23. The van der Waals surface area contributed by atoms with Gasteiger partial charge in [0.2, 0.25) is 6.86 Å². The van der Waals surface area contributed by atoms with Gasteiger partial charge >= 0.3 is 0 Å². The third kappa shape index (κ3) is 3.72. The molecule has 1 aliphatic rings. The van der Waals surface area contributed by atoms with Gasteiger partial charge in [-0.3, -0.25) is 0 Å². The van der Waals surface area contributed by atoms with Crippen LogP contribution in [-0.2, 0) is 6.42 Å². The van der Waals surface area contributed by atoms with Crippen LogP contribution in [0.1, 0.15) is 38.2 Å². The number of halogens is 1. The van der Waals surface area contributed by atoms with Crippen LogP contribution >= 0.6 is 0 Å². The molecule has 94 valence electrons. The molecule has 0 spiro atoms. The molecule has 0 aliphatic heterocycles. The number of hydrogen-bond acceptors (Lipinski definition) is 1. The summed E-state index contributed by atoms with van der Waals surface area (Å²) in [5, 5.41) is 0. The molecule has 0 aromatic heterocycles. The molecule has 0 N–H and O–H groups in total. The summed E-state index contributed by atoms with van der Waals surface area (Å²) in [6, 6.07) is 7.84. The second-order valence-electron chi connectivity index (χ2n) is 5.23. The van der Waals surface area contributed by atoms with E-state index in [1.165, 1.54) is 31.2 Å². The van der Waals surface area contributed by atoms with Gasteiger partial charge in [-0.05, 0) is 48.8 Å². The van der Waals surface area contributed by atoms with Crippen LogP contribution in [-0.4, -0.2) is 6.86 Å². The molecule has 2 rings (SSSR count). The van der Waals surface area contributed by atoms with Gasteiger partial charge in [0, 0.05) is 0 Å². The molecule has 1 fully saturated rings. The molecule has 0 saturated heterocycles. The van der Waals surface area contributed by atoms with Crippen molar-refractivity contribution < 1.29 is 9.13 Å². The van der Waals surface area contributed by atoms with Gasteiger partial charge in [-0.15, -0.1) is 0 Å². The van der Waals surface area contributed by atoms with Gasteiger partial charge in [-0.2, -0.15) is 0 Å². The van der Waals surface area contributed by atoms with Crippen molar-refractivity contribution in [3.63, 3.8) is 0 Å². The molecule has 0 bridgehead atoms. The van der Waals surface area contributed by atoms with Crippen molar-refractivity contribution in [3.8, 4) is 5.75 Å². The standard InChI is InChI=1S/C15H21FO/c1-12-2-4-13(5-3-12)10-14-6-8-15(9-7-14)17-11-16/h6-9,12-13H,2-5,10-11H2,1H3. The lowest BCUT2D eigenvalue weighted by Gasteiger charge is -2.26. The molecule has 0 atom stereocenters. The second kappa shape index (κ2) is 6.04. The molecule has 0 heterocycles.